The van der Waals surface area contributed by atoms with Gasteiger partial charge in [0.05, 0.1) is 17.7 Å². The van der Waals surface area contributed by atoms with E-state index in [9.17, 15) is 5.11 Å². The molecular formula is C10H17N3O2S. The van der Waals surface area contributed by atoms with Gasteiger partial charge in [-0.3, -0.25) is 0 Å². The van der Waals surface area contributed by atoms with Crippen molar-refractivity contribution in [3.63, 3.8) is 0 Å². The lowest BCUT2D eigenvalue weighted by molar-refractivity contribution is 0.175. The van der Waals surface area contributed by atoms with E-state index in [0.29, 0.717) is 18.9 Å². The molecule has 0 spiro atoms. The Bertz CT molecular complexity index is 274. The number of nitrogens with one attached hydrogen (secondary N) is 1. The Kier molecular flexibility index (Phi) is 7.07. The van der Waals surface area contributed by atoms with Gasteiger partial charge in [-0.05, 0) is 6.07 Å². The van der Waals surface area contributed by atoms with E-state index >= 15 is 0 Å². The Labute approximate surface area is 99.6 Å². The zero-order valence-electron chi connectivity index (χ0n) is 9.30. The number of aliphatic hydroxyl groups is 1. The Morgan fingerprint density at radius 1 is 1.62 bits per heavy atom. The molecule has 1 rings (SSSR count). The summed E-state index contributed by atoms with van der Waals surface area (Å²) in [6.45, 7) is 1.99. The molecule has 2 N–H and O–H groups in total. The molecule has 0 aliphatic carbocycles. The molecule has 1 heterocycles. The molecule has 1 atom stereocenters. The number of aliphatic hydroxyl groups excluding tert-OH is 1. The van der Waals surface area contributed by atoms with Crippen molar-refractivity contribution in [2.45, 2.75) is 11.1 Å². The van der Waals surface area contributed by atoms with E-state index in [1.807, 2.05) is 6.07 Å². The maximum atomic E-state index is 9.64. The molecule has 0 radical (unpaired) electrons. The van der Waals surface area contributed by atoms with Gasteiger partial charge in [-0.15, -0.1) is 11.8 Å². The molecule has 0 saturated heterocycles. The third-order valence-electron chi connectivity index (χ3n) is 1.84. The highest BCUT2D eigenvalue weighted by Gasteiger charge is 2.04. The van der Waals surface area contributed by atoms with Crippen LogP contribution in [0.3, 0.4) is 0 Å². The van der Waals surface area contributed by atoms with Crippen LogP contribution in [0, 0.1) is 0 Å². The van der Waals surface area contributed by atoms with Gasteiger partial charge in [0.1, 0.15) is 6.33 Å². The quantitative estimate of drug-likeness (QED) is 0.385. The molecule has 0 aliphatic heterocycles. The molecule has 1 aromatic rings. The molecule has 0 aliphatic rings. The molecule has 0 aromatic carbocycles. The van der Waals surface area contributed by atoms with Gasteiger partial charge in [0.2, 0.25) is 0 Å². The number of thioether (sulfide) groups is 1. The molecule has 0 saturated carbocycles. The topological polar surface area (TPSA) is 67.3 Å². The van der Waals surface area contributed by atoms with Gasteiger partial charge in [0.15, 0.2) is 0 Å². The number of methoxy groups -OCH3 is 1. The summed E-state index contributed by atoms with van der Waals surface area (Å²) in [4.78, 5) is 7.89. The molecular weight excluding hydrogens is 226 g/mol. The summed E-state index contributed by atoms with van der Waals surface area (Å²) in [5, 5.41) is 13.6. The predicted molar refractivity (Wildman–Crippen MR) is 63.5 cm³/mol. The predicted octanol–water partition coefficient (Wildman–Crippen LogP) is 0.166. The largest absolute Gasteiger partial charge is 0.391 e. The minimum absolute atomic E-state index is 0.378. The first-order valence-corrected chi connectivity index (χ1v) is 6.08. The van der Waals surface area contributed by atoms with Crippen LogP contribution in [0.25, 0.3) is 0 Å². The number of rotatable bonds is 8. The SMILES string of the molecule is COCCNCC(O)CSc1ccncn1. The summed E-state index contributed by atoms with van der Waals surface area (Å²) in [7, 11) is 1.66. The number of hydrogen-bond donors (Lipinski definition) is 2. The fourth-order valence-corrected chi connectivity index (χ4v) is 1.81. The molecule has 1 unspecified atom stereocenters. The van der Waals surface area contributed by atoms with E-state index in [4.69, 9.17) is 4.74 Å². The molecule has 90 valence electrons. The van der Waals surface area contributed by atoms with Crippen molar-refractivity contribution >= 4 is 11.8 Å². The summed E-state index contributed by atoms with van der Waals surface area (Å²) in [6.07, 6.45) is 2.82. The Hall–Kier alpha value is -0.690. The van der Waals surface area contributed by atoms with E-state index in [2.05, 4.69) is 15.3 Å². The lowest BCUT2D eigenvalue weighted by Gasteiger charge is -2.10. The second-order valence-corrected chi connectivity index (χ2v) is 4.25. The van der Waals surface area contributed by atoms with Crippen molar-refractivity contribution in [3.05, 3.63) is 18.6 Å². The Morgan fingerprint density at radius 3 is 3.19 bits per heavy atom. The monoisotopic (exact) mass is 243 g/mol. The standard InChI is InChI=1S/C10H17N3O2S/c1-15-5-4-11-6-9(14)7-16-10-2-3-12-8-13-10/h2-3,8-9,11,14H,4-7H2,1H3. The lowest BCUT2D eigenvalue weighted by atomic mass is 10.4. The fourth-order valence-electron chi connectivity index (χ4n) is 1.05. The molecule has 0 fully saturated rings. The van der Waals surface area contributed by atoms with Crippen LogP contribution in [-0.4, -0.2) is 53.7 Å². The van der Waals surface area contributed by atoms with Crippen LogP contribution in [-0.2, 0) is 4.74 Å². The van der Waals surface area contributed by atoms with Gasteiger partial charge >= 0.3 is 0 Å². The Morgan fingerprint density at radius 2 is 2.50 bits per heavy atom. The summed E-state index contributed by atoms with van der Waals surface area (Å²) in [6, 6.07) is 1.83. The number of hydrogen-bond acceptors (Lipinski definition) is 6. The van der Waals surface area contributed by atoms with E-state index in [1.54, 1.807) is 13.3 Å². The van der Waals surface area contributed by atoms with Gasteiger partial charge < -0.3 is 15.2 Å². The van der Waals surface area contributed by atoms with Crippen molar-refractivity contribution in [2.75, 3.05) is 32.6 Å². The minimum Gasteiger partial charge on any atom is -0.391 e. The molecule has 1 aromatic heterocycles. The van der Waals surface area contributed by atoms with Gasteiger partial charge in [0.25, 0.3) is 0 Å². The van der Waals surface area contributed by atoms with Crippen LogP contribution in [0.5, 0.6) is 0 Å². The third-order valence-corrected chi connectivity index (χ3v) is 2.93. The van der Waals surface area contributed by atoms with Gasteiger partial charge in [-0.1, -0.05) is 0 Å². The van der Waals surface area contributed by atoms with Crippen LogP contribution >= 0.6 is 11.8 Å². The first-order valence-electron chi connectivity index (χ1n) is 5.09. The van der Waals surface area contributed by atoms with E-state index in [0.717, 1.165) is 11.6 Å². The molecule has 5 nitrogen and oxygen atoms in total. The average Bonchev–Trinajstić information content (AvgIpc) is 2.33. The van der Waals surface area contributed by atoms with Crippen LogP contribution in [0.1, 0.15) is 0 Å². The van der Waals surface area contributed by atoms with Crippen LogP contribution < -0.4 is 5.32 Å². The number of aromatic nitrogens is 2. The summed E-state index contributed by atoms with van der Waals surface area (Å²) < 4.78 is 4.89. The zero-order chi connectivity index (χ0) is 11.6. The van der Waals surface area contributed by atoms with Crippen molar-refractivity contribution in [2.24, 2.45) is 0 Å². The first-order chi connectivity index (χ1) is 7.83. The summed E-state index contributed by atoms with van der Waals surface area (Å²) >= 11 is 1.52. The van der Waals surface area contributed by atoms with Gasteiger partial charge in [-0.2, -0.15) is 0 Å². The van der Waals surface area contributed by atoms with Crippen molar-refractivity contribution < 1.29 is 9.84 Å². The zero-order valence-corrected chi connectivity index (χ0v) is 10.1. The van der Waals surface area contributed by atoms with E-state index < -0.39 is 0 Å². The second-order valence-electron chi connectivity index (χ2n) is 3.21. The van der Waals surface area contributed by atoms with Crippen molar-refractivity contribution in [3.8, 4) is 0 Å². The normalized spacial score (nSPS) is 12.6. The maximum Gasteiger partial charge on any atom is 0.116 e. The van der Waals surface area contributed by atoms with Crippen LogP contribution in [0.15, 0.2) is 23.6 Å². The molecule has 6 heteroatoms. The highest BCUT2D eigenvalue weighted by molar-refractivity contribution is 7.99. The van der Waals surface area contributed by atoms with Crippen LogP contribution in [0.2, 0.25) is 0 Å². The smallest absolute Gasteiger partial charge is 0.116 e. The highest BCUT2D eigenvalue weighted by Crippen LogP contribution is 2.13. The van der Waals surface area contributed by atoms with Crippen molar-refractivity contribution in [1.29, 1.82) is 0 Å². The minimum atomic E-state index is -0.378. The van der Waals surface area contributed by atoms with Crippen molar-refractivity contribution in [1.82, 2.24) is 15.3 Å². The summed E-state index contributed by atoms with van der Waals surface area (Å²) in [5.74, 6) is 0.622. The van der Waals surface area contributed by atoms with Gasteiger partial charge in [0, 0.05) is 32.1 Å². The maximum absolute atomic E-state index is 9.64. The molecule has 0 amide bonds. The average molecular weight is 243 g/mol. The lowest BCUT2D eigenvalue weighted by Crippen LogP contribution is -2.30. The second kappa shape index (κ2) is 8.46. The third kappa shape index (κ3) is 6.02. The fraction of sp³-hybridized carbons (Fsp3) is 0.600. The molecule has 16 heavy (non-hydrogen) atoms. The highest BCUT2D eigenvalue weighted by atomic mass is 32.2. The van der Waals surface area contributed by atoms with Crippen LogP contribution in [0.4, 0.5) is 0 Å². The first kappa shape index (κ1) is 13.4. The van der Waals surface area contributed by atoms with Gasteiger partial charge in [-0.25, -0.2) is 9.97 Å². The van der Waals surface area contributed by atoms with E-state index in [-0.39, 0.29) is 6.10 Å². The number of nitrogens with zero attached hydrogens (tertiary/aromatic N) is 2. The molecule has 0 bridgehead atoms. The number of ether oxygens (including phenoxy) is 1. The Balaban J connectivity index is 2.08. The van der Waals surface area contributed by atoms with E-state index in [1.165, 1.54) is 18.1 Å². The summed E-state index contributed by atoms with van der Waals surface area (Å²) in [5.41, 5.74) is 0.